The molecule has 0 aliphatic carbocycles. The van der Waals surface area contributed by atoms with Gasteiger partial charge in [0.2, 0.25) is 0 Å². The second-order valence-electron chi connectivity index (χ2n) is 4.49. The van der Waals surface area contributed by atoms with Gasteiger partial charge in [0.25, 0.3) is 0 Å². The van der Waals surface area contributed by atoms with Crippen molar-refractivity contribution in [2.45, 2.75) is 5.78 Å². The average Bonchev–Trinajstić information content (AvgIpc) is 2.54. The minimum absolute atomic E-state index is 0.0152. The molecule has 0 radical (unpaired) electrons. The Bertz CT molecular complexity index is 687. The van der Waals surface area contributed by atoms with Gasteiger partial charge < -0.3 is 19.5 Å². The van der Waals surface area contributed by atoms with E-state index in [0.29, 0.717) is 11.3 Å². The van der Waals surface area contributed by atoms with Crippen LogP contribution in [-0.2, 0) is 13.6 Å². The Morgan fingerprint density at radius 3 is 2.27 bits per heavy atom. The summed E-state index contributed by atoms with van der Waals surface area (Å²) < 4.78 is 23.9. The fourth-order valence-corrected chi connectivity index (χ4v) is 3.88. The fourth-order valence-electron chi connectivity index (χ4n) is 2.06. The maximum Gasteiger partial charge on any atom is 0.356 e. The minimum atomic E-state index is -3.52. The van der Waals surface area contributed by atoms with Gasteiger partial charge >= 0.3 is 7.60 Å². The maximum atomic E-state index is 12.9. The molecule has 0 heterocycles. The van der Waals surface area contributed by atoms with Crippen molar-refractivity contribution in [1.82, 2.24) is 0 Å². The van der Waals surface area contributed by atoms with Crippen LogP contribution in [0.5, 0.6) is 5.75 Å². The largest absolute Gasteiger partial charge is 0.508 e. The van der Waals surface area contributed by atoms with E-state index < -0.39 is 13.4 Å². The highest BCUT2D eigenvalue weighted by Gasteiger charge is 2.37. The second kappa shape index (κ2) is 7.29. The molecule has 1 unspecified atom stereocenters. The summed E-state index contributed by atoms with van der Waals surface area (Å²) in [7, 11) is -0.881. The van der Waals surface area contributed by atoms with E-state index in [1.807, 2.05) is 24.3 Å². The van der Waals surface area contributed by atoms with Crippen LogP contribution in [0.3, 0.4) is 0 Å². The molecule has 7 heteroatoms. The summed E-state index contributed by atoms with van der Waals surface area (Å²) in [5.74, 6) is -0.830. The van der Waals surface area contributed by atoms with E-state index >= 15 is 0 Å². The highest BCUT2D eigenvalue weighted by atomic mass is 79.9. The predicted octanol–water partition coefficient (Wildman–Crippen LogP) is 4.75. The van der Waals surface area contributed by atoms with E-state index in [1.54, 1.807) is 18.2 Å². The summed E-state index contributed by atoms with van der Waals surface area (Å²) in [6.45, 7) is 0. The molecular formula is C15H17BrNO4P. The molecule has 22 heavy (non-hydrogen) atoms. The molecule has 0 amide bonds. The summed E-state index contributed by atoms with van der Waals surface area (Å²) in [6, 6.07) is 14.0. The topological polar surface area (TPSA) is 67.8 Å². The molecule has 2 aromatic carbocycles. The monoisotopic (exact) mass is 385 g/mol. The van der Waals surface area contributed by atoms with Crippen molar-refractivity contribution >= 4 is 29.2 Å². The first-order valence-corrected chi connectivity index (χ1v) is 8.92. The molecule has 0 spiro atoms. The van der Waals surface area contributed by atoms with Gasteiger partial charge in [-0.1, -0.05) is 30.3 Å². The number of hydrogen-bond donors (Lipinski definition) is 2. The van der Waals surface area contributed by atoms with Crippen molar-refractivity contribution in [3.63, 3.8) is 0 Å². The van der Waals surface area contributed by atoms with E-state index in [-0.39, 0.29) is 5.75 Å². The van der Waals surface area contributed by atoms with Crippen LogP contribution in [0.1, 0.15) is 11.3 Å². The third-order valence-corrected chi connectivity index (χ3v) is 5.97. The summed E-state index contributed by atoms with van der Waals surface area (Å²) in [5, 5.41) is 13.2. The number of hydrogen-bond acceptors (Lipinski definition) is 5. The van der Waals surface area contributed by atoms with Crippen LogP contribution in [-0.4, -0.2) is 19.3 Å². The molecule has 0 bridgehead atoms. The van der Waals surface area contributed by atoms with Gasteiger partial charge in [-0.15, -0.1) is 0 Å². The lowest BCUT2D eigenvalue weighted by atomic mass is 10.2. The van der Waals surface area contributed by atoms with Crippen molar-refractivity contribution in [3.8, 4) is 5.75 Å². The molecular weight excluding hydrogens is 369 g/mol. The van der Waals surface area contributed by atoms with Gasteiger partial charge in [-0.25, -0.2) is 0 Å². The average molecular weight is 386 g/mol. The van der Waals surface area contributed by atoms with Crippen molar-refractivity contribution < 1.29 is 18.7 Å². The lowest BCUT2D eigenvalue weighted by Crippen LogP contribution is -2.14. The first kappa shape index (κ1) is 17.0. The number of aromatic hydroxyl groups is 1. The number of para-hydroxylation sites is 2. The van der Waals surface area contributed by atoms with Crippen molar-refractivity contribution in [2.75, 3.05) is 19.5 Å². The molecule has 1 atom stereocenters. The van der Waals surface area contributed by atoms with Crippen molar-refractivity contribution in [1.29, 1.82) is 0 Å². The molecule has 2 aromatic rings. The van der Waals surface area contributed by atoms with Gasteiger partial charge in [0.1, 0.15) is 5.75 Å². The first-order chi connectivity index (χ1) is 10.5. The van der Waals surface area contributed by atoms with E-state index in [2.05, 4.69) is 21.2 Å². The van der Waals surface area contributed by atoms with Gasteiger partial charge in [-0.2, -0.15) is 0 Å². The Morgan fingerprint density at radius 2 is 1.68 bits per heavy atom. The third kappa shape index (κ3) is 3.52. The first-order valence-electron chi connectivity index (χ1n) is 6.52. The summed E-state index contributed by atoms with van der Waals surface area (Å²) in [5.41, 5.74) is 1.15. The molecule has 0 fully saturated rings. The molecule has 0 aliphatic rings. The van der Waals surface area contributed by atoms with Crippen LogP contribution < -0.4 is 5.32 Å². The van der Waals surface area contributed by atoms with Crippen LogP contribution in [0.25, 0.3) is 0 Å². The Kier molecular flexibility index (Phi) is 5.64. The molecule has 0 aliphatic heterocycles. The number of nitrogens with one attached hydrogen (secondary N) is 1. The molecule has 2 rings (SSSR count). The van der Waals surface area contributed by atoms with E-state index in [4.69, 9.17) is 9.05 Å². The highest BCUT2D eigenvalue weighted by molar-refractivity contribution is 9.10. The highest BCUT2D eigenvalue weighted by Crippen LogP contribution is 2.61. The molecule has 2 N–H and O–H groups in total. The maximum absolute atomic E-state index is 12.9. The summed E-state index contributed by atoms with van der Waals surface area (Å²) in [6.07, 6.45) is 0. The number of benzene rings is 2. The zero-order chi connectivity index (χ0) is 16.2. The molecule has 118 valence electrons. The van der Waals surface area contributed by atoms with Crippen LogP contribution in [0.4, 0.5) is 5.69 Å². The van der Waals surface area contributed by atoms with Gasteiger partial charge in [0.05, 0.1) is 0 Å². The molecule has 0 saturated heterocycles. The quantitative estimate of drug-likeness (QED) is 0.702. The van der Waals surface area contributed by atoms with E-state index in [1.165, 1.54) is 20.3 Å². The van der Waals surface area contributed by atoms with Gasteiger partial charge in [0, 0.05) is 29.9 Å². The van der Waals surface area contributed by atoms with Crippen LogP contribution in [0.2, 0.25) is 0 Å². The molecule has 0 saturated carbocycles. The summed E-state index contributed by atoms with van der Waals surface area (Å²) >= 11 is 3.43. The Hall–Kier alpha value is -1.33. The predicted molar refractivity (Wildman–Crippen MR) is 90.2 cm³/mol. The SMILES string of the molecule is COP(=O)(OC)C(Nc1ccccc1Br)c1ccccc1O. The zero-order valence-corrected chi connectivity index (χ0v) is 14.7. The van der Waals surface area contributed by atoms with Crippen molar-refractivity contribution in [2.24, 2.45) is 0 Å². The number of phenols is 1. The number of halogens is 1. The third-order valence-electron chi connectivity index (χ3n) is 3.22. The molecule has 0 aromatic heterocycles. The lowest BCUT2D eigenvalue weighted by Gasteiger charge is -2.27. The van der Waals surface area contributed by atoms with Crippen LogP contribution >= 0.6 is 23.5 Å². The summed E-state index contributed by atoms with van der Waals surface area (Å²) in [4.78, 5) is 0. The van der Waals surface area contributed by atoms with E-state index in [0.717, 1.165) is 4.47 Å². The molecule has 5 nitrogen and oxygen atoms in total. The number of rotatable bonds is 6. The van der Waals surface area contributed by atoms with Gasteiger partial charge in [-0.3, -0.25) is 4.57 Å². The Balaban J connectivity index is 2.50. The zero-order valence-electron chi connectivity index (χ0n) is 12.2. The lowest BCUT2D eigenvalue weighted by molar-refractivity contribution is 0.268. The van der Waals surface area contributed by atoms with Crippen LogP contribution in [0, 0.1) is 0 Å². The standard InChI is InChI=1S/C15H17BrNO4P/c1-20-22(19,21-2)15(11-7-3-6-10-14(11)18)17-13-9-5-4-8-12(13)16/h3-10,15,17-18H,1-2H3. The van der Waals surface area contributed by atoms with E-state index in [9.17, 15) is 9.67 Å². The number of anilines is 1. The second-order valence-corrected chi connectivity index (χ2v) is 7.67. The van der Waals surface area contributed by atoms with Crippen LogP contribution in [0.15, 0.2) is 53.0 Å². The smallest absolute Gasteiger partial charge is 0.356 e. The Morgan fingerprint density at radius 1 is 1.09 bits per heavy atom. The Labute approximate surface area is 137 Å². The number of phenolic OH excluding ortho intramolecular Hbond substituents is 1. The normalized spacial score (nSPS) is 12.9. The van der Waals surface area contributed by atoms with Gasteiger partial charge in [0.15, 0.2) is 5.78 Å². The fraction of sp³-hybridized carbons (Fsp3) is 0.200. The van der Waals surface area contributed by atoms with Gasteiger partial charge in [-0.05, 0) is 34.1 Å². The van der Waals surface area contributed by atoms with Crippen molar-refractivity contribution in [3.05, 3.63) is 58.6 Å². The minimum Gasteiger partial charge on any atom is -0.508 e.